The number of alkyl halides is 3. The summed E-state index contributed by atoms with van der Waals surface area (Å²) >= 11 is 0. The molecule has 0 amide bonds. The standard InChI is InChI=1S/C15H16F7N4P/c16-10-9(15(20,21)22)11(17)13(19)14(12(10)18)27-23-1-2-24(27)5-6-26(27)8-7-25(27)4-3-23/h1-8H2. The van der Waals surface area contributed by atoms with Gasteiger partial charge < -0.3 is 0 Å². The second-order valence-electron chi connectivity index (χ2n) is 7.23. The van der Waals surface area contributed by atoms with Gasteiger partial charge >= 0.3 is 149 Å². The van der Waals surface area contributed by atoms with Crippen molar-refractivity contribution in [2.24, 2.45) is 0 Å². The van der Waals surface area contributed by atoms with E-state index in [0.717, 1.165) is 0 Å². The van der Waals surface area contributed by atoms with Gasteiger partial charge in [0.05, 0.1) is 0 Å². The predicted octanol–water partition coefficient (Wildman–Crippen LogP) is 2.36. The molecule has 0 unspecified atom stereocenters. The Hall–Kier alpha value is -1.00. The van der Waals surface area contributed by atoms with Gasteiger partial charge in [0, 0.05) is 0 Å². The Morgan fingerprint density at radius 2 is 0.852 bits per heavy atom. The fraction of sp³-hybridized carbons (Fsp3) is 0.600. The Balaban J connectivity index is 1.91. The van der Waals surface area contributed by atoms with Crippen LogP contribution in [0.2, 0.25) is 0 Å². The van der Waals surface area contributed by atoms with Crippen molar-refractivity contribution in [3.8, 4) is 0 Å². The molecule has 1 aromatic rings. The molecule has 27 heavy (non-hydrogen) atoms. The normalized spacial score (nSPS) is 29.1. The average molecular weight is 416 g/mol. The number of rotatable bonds is 1. The summed E-state index contributed by atoms with van der Waals surface area (Å²) in [6.07, 6.45) is -5.54. The third-order valence-corrected chi connectivity index (χ3v) is 13.4. The molecule has 4 fully saturated rings. The topological polar surface area (TPSA) is 13.0 Å². The van der Waals surface area contributed by atoms with E-state index in [2.05, 4.69) is 0 Å². The molecule has 1 spiro atoms. The molecule has 4 saturated heterocycles. The van der Waals surface area contributed by atoms with Crippen molar-refractivity contribution in [3.05, 3.63) is 28.8 Å². The Bertz CT molecular complexity index is 755. The van der Waals surface area contributed by atoms with Gasteiger partial charge in [0.25, 0.3) is 0 Å². The first-order valence-electron chi connectivity index (χ1n) is 8.63. The number of hydrogen-bond donors (Lipinski definition) is 0. The second-order valence-corrected chi connectivity index (χ2v) is 11.8. The van der Waals surface area contributed by atoms with Crippen molar-refractivity contribution in [1.29, 1.82) is 0 Å². The molecule has 12 heteroatoms. The van der Waals surface area contributed by atoms with Gasteiger partial charge in [-0.25, -0.2) is 0 Å². The number of hydrogen-bond acceptors (Lipinski definition) is 4. The van der Waals surface area contributed by atoms with Crippen LogP contribution in [0.4, 0.5) is 30.7 Å². The Morgan fingerprint density at radius 1 is 0.556 bits per heavy atom. The van der Waals surface area contributed by atoms with Crippen LogP contribution in [0.1, 0.15) is 5.56 Å². The third kappa shape index (κ3) is 1.67. The first-order chi connectivity index (χ1) is 12.7. The molecule has 4 heterocycles. The van der Waals surface area contributed by atoms with Crippen molar-refractivity contribution in [2.75, 3.05) is 52.4 Å². The van der Waals surface area contributed by atoms with Crippen molar-refractivity contribution in [1.82, 2.24) is 18.7 Å². The van der Waals surface area contributed by atoms with E-state index in [1.807, 2.05) is 18.7 Å². The fourth-order valence-electron chi connectivity index (χ4n) is 5.70. The van der Waals surface area contributed by atoms with E-state index in [1.54, 1.807) is 0 Å². The Kier molecular flexibility index (Phi) is 3.43. The summed E-state index contributed by atoms with van der Waals surface area (Å²) < 4.78 is 106. The van der Waals surface area contributed by atoms with Gasteiger partial charge in [-0.3, -0.25) is 0 Å². The first-order valence-corrected chi connectivity index (χ1v) is 10.7. The zero-order valence-electron chi connectivity index (χ0n) is 14.0. The quantitative estimate of drug-likeness (QED) is 0.396. The number of nitrogens with zero attached hydrogens (tertiary/aromatic N) is 4. The van der Waals surface area contributed by atoms with Gasteiger partial charge in [-0.15, -0.1) is 0 Å². The minimum atomic E-state index is -5.54. The van der Waals surface area contributed by atoms with Crippen LogP contribution in [0, 0.1) is 23.3 Å². The summed E-state index contributed by atoms with van der Waals surface area (Å²) in [4.78, 5) is 0. The van der Waals surface area contributed by atoms with Gasteiger partial charge in [0.2, 0.25) is 0 Å². The van der Waals surface area contributed by atoms with Crippen LogP contribution in [0.5, 0.6) is 0 Å². The zero-order chi connectivity index (χ0) is 19.4. The molecule has 4 aliphatic rings. The molecule has 5 rings (SSSR count). The molecule has 0 bridgehead atoms. The van der Waals surface area contributed by atoms with Crippen LogP contribution in [0.25, 0.3) is 0 Å². The van der Waals surface area contributed by atoms with Gasteiger partial charge in [0.15, 0.2) is 0 Å². The SMILES string of the molecule is Fc1c(F)c(P234N5CCN2CCN3CCN4CC5)c(F)c(F)c1C(F)(F)F. The summed E-state index contributed by atoms with van der Waals surface area (Å²) in [6, 6.07) is 0. The first kappa shape index (κ1) is 18.1. The van der Waals surface area contributed by atoms with E-state index >= 15 is 8.78 Å². The average Bonchev–Trinajstić information content (AvgIpc) is 3.21. The summed E-state index contributed by atoms with van der Waals surface area (Å²) in [5.41, 5.74) is -2.51. The summed E-state index contributed by atoms with van der Waals surface area (Å²) in [6.45, 7) is 3.62. The molecule has 4 aliphatic heterocycles. The molecule has 0 N–H and O–H groups in total. The molecule has 0 aromatic heterocycles. The summed E-state index contributed by atoms with van der Waals surface area (Å²) in [5.74, 6) is -8.57. The van der Waals surface area contributed by atoms with E-state index in [1.165, 1.54) is 0 Å². The zero-order valence-corrected chi connectivity index (χ0v) is 14.9. The Labute approximate surface area is 150 Å². The van der Waals surface area contributed by atoms with Gasteiger partial charge in [-0.1, -0.05) is 0 Å². The molecule has 150 valence electrons. The van der Waals surface area contributed by atoms with Crippen LogP contribution >= 0.6 is 7.21 Å². The van der Waals surface area contributed by atoms with Crippen molar-refractivity contribution in [3.63, 3.8) is 0 Å². The molecule has 4 nitrogen and oxygen atoms in total. The fourth-order valence-corrected chi connectivity index (χ4v) is 13.5. The molecule has 0 saturated carbocycles. The predicted molar refractivity (Wildman–Crippen MR) is 84.1 cm³/mol. The minimum absolute atomic E-state index is 0.452. The third-order valence-electron chi connectivity index (χ3n) is 6.47. The molecule has 0 atom stereocenters. The van der Waals surface area contributed by atoms with E-state index in [4.69, 9.17) is 0 Å². The van der Waals surface area contributed by atoms with Crippen LogP contribution in [-0.2, 0) is 6.18 Å². The van der Waals surface area contributed by atoms with Crippen LogP contribution in [0.3, 0.4) is 0 Å². The number of benzene rings is 1. The van der Waals surface area contributed by atoms with Crippen molar-refractivity contribution < 1.29 is 30.7 Å². The molecule has 0 radical (unpaired) electrons. The van der Waals surface area contributed by atoms with Crippen LogP contribution < -0.4 is 5.30 Å². The van der Waals surface area contributed by atoms with Crippen molar-refractivity contribution >= 4 is 12.5 Å². The molecular formula is C15H16F7N4P. The summed E-state index contributed by atoms with van der Waals surface area (Å²) in [5, 5.41) is -0.853. The molecule has 0 aliphatic carbocycles. The van der Waals surface area contributed by atoms with Crippen LogP contribution in [0.15, 0.2) is 0 Å². The van der Waals surface area contributed by atoms with Gasteiger partial charge in [-0.05, 0) is 0 Å². The van der Waals surface area contributed by atoms with Crippen molar-refractivity contribution in [2.45, 2.75) is 6.18 Å². The van der Waals surface area contributed by atoms with E-state index in [9.17, 15) is 22.0 Å². The molecule has 1 aromatic carbocycles. The van der Waals surface area contributed by atoms with E-state index in [-0.39, 0.29) is 0 Å². The maximum absolute atomic E-state index is 15.2. The van der Waals surface area contributed by atoms with Crippen LogP contribution in [-0.4, -0.2) is 71.0 Å². The second kappa shape index (κ2) is 5.13. The molecular weight excluding hydrogens is 400 g/mol. The summed E-state index contributed by atoms with van der Waals surface area (Å²) in [7, 11) is -4.10. The van der Waals surface area contributed by atoms with Gasteiger partial charge in [0.1, 0.15) is 0 Å². The maximum atomic E-state index is 15.2. The Morgan fingerprint density at radius 3 is 1.11 bits per heavy atom. The number of halogens is 7. The monoisotopic (exact) mass is 416 g/mol. The van der Waals surface area contributed by atoms with Gasteiger partial charge in [-0.2, -0.15) is 0 Å². The van der Waals surface area contributed by atoms with E-state index < -0.39 is 47.5 Å². The van der Waals surface area contributed by atoms with E-state index in [0.29, 0.717) is 52.4 Å².